The van der Waals surface area contributed by atoms with Gasteiger partial charge in [-0.1, -0.05) is 12.1 Å². The minimum Gasteiger partial charge on any atom is -0.465 e. The van der Waals surface area contributed by atoms with Gasteiger partial charge in [-0.25, -0.2) is 9.18 Å². The van der Waals surface area contributed by atoms with Gasteiger partial charge in [-0.05, 0) is 44.0 Å². The van der Waals surface area contributed by atoms with Gasteiger partial charge >= 0.3 is 11.9 Å². The van der Waals surface area contributed by atoms with E-state index in [9.17, 15) is 18.8 Å². The molecule has 0 aliphatic carbocycles. The van der Waals surface area contributed by atoms with Crippen LogP contribution in [0.1, 0.15) is 33.3 Å². The van der Waals surface area contributed by atoms with Crippen molar-refractivity contribution in [1.29, 1.82) is 0 Å². The van der Waals surface area contributed by atoms with Crippen LogP contribution in [0, 0.1) is 19.7 Å². The van der Waals surface area contributed by atoms with Crippen LogP contribution in [-0.4, -0.2) is 49.6 Å². The zero-order chi connectivity index (χ0) is 22.3. The van der Waals surface area contributed by atoms with Gasteiger partial charge in [0, 0.05) is 11.4 Å². The van der Waals surface area contributed by atoms with Crippen LogP contribution in [0.2, 0.25) is 0 Å². The Hall–Kier alpha value is -2.78. The zero-order valence-electron chi connectivity index (χ0n) is 17.4. The van der Waals surface area contributed by atoms with Crippen LogP contribution < -0.4 is 5.32 Å². The molecule has 0 saturated carbocycles. The number of carbonyl (C=O) groups excluding carboxylic acids is 3. The van der Waals surface area contributed by atoms with Crippen LogP contribution in [0.5, 0.6) is 0 Å². The second kappa shape index (κ2) is 10.8. The highest BCUT2D eigenvalue weighted by atomic mass is 32.1. The molecule has 1 heterocycles. The van der Waals surface area contributed by atoms with Crippen LogP contribution in [0.3, 0.4) is 0 Å². The summed E-state index contributed by atoms with van der Waals surface area (Å²) in [6.07, 6.45) is 0. The van der Waals surface area contributed by atoms with E-state index >= 15 is 0 Å². The van der Waals surface area contributed by atoms with Gasteiger partial charge < -0.3 is 14.8 Å². The Morgan fingerprint density at radius 2 is 1.80 bits per heavy atom. The lowest BCUT2D eigenvalue weighted by molar-refractivity contribution is -0.144. The Balaban J connectivity index is 2.15. The maximum Gasteiger partial charge on any atom is 0.341 e. The van der Waals surface area contributed by atoms with E-state index in [1.54, 1.807) is 30.9 Å². The number of amides is 1. The van der Waals surface area contributed by atoms with Gasteiger partial charge in [-0.2, -0.15) is 0 Å². The smallest absolute Gasteiger partial charge is 0.341 e. The minimum absolute atomic E-state index is 0.106. The van der Waals surface area contributed by atoms with Crippen molar-refractivity contribution < 1.29 is 28.2 Å². The van der Waals surface area contributed by atoms with Crippen molar-refractivity contribution in [1.82, 2.24) is 4.90 Å². The van der Waals surface area contributed by atoms with Crippen molar-refractivity contribution in [3.63, 3.8) is 0 Å². The molecular weight excluding hydrogens is 411 g/mol. The maximum absolute atomic E-state index is 13.2. The normalized spacial score (nSPS) is 10.7. The molecule has 0 aliphatic heterocycles. The average molecular weight is 437 g/mol. The molecular formula is C21H25FN2O5S. The van der Waals surface area contributed by atoms with Gasteiger partial charge in [-0.15, -0.1) is 11.3 Å². The first-order valence-corrected chi connectivity index (χ1v) is 10.2. The fourth-order valence-electron chi connectivity index (χ4n) is 2.84. The lowest BCUT2D eigenvalue weighted by Crippen LogP contribution is -2.37. The number of rotatable bonds is 9. The molecule has 0 atom stereocenters. The summed E-state index contributed by atoms with van der Waals surface area (Å²) in [5.74, 6) is -1.76. The lowest BCUT2D eigenvalue weighted by atomic mass is 10.1. The Bertz CT molecular complexity index is 911. The van der Waals surface area contributed by atoms with Gasteiger partial charge in [0.2, 0.25) is 5.91 Å². The van der Waals surface area contributed by atoms with Crippen LogP contribution >= 0.6 is 11.3 Å². The van der Waals surface area contributed by atoms with E-state index in [1.165, 1.54) is 30.6 Å². The SMILES string of the molecule is CCOC(=O)CN(CC(=O)Nc1sc(C)c(C)c1C(=O)OC)Cc1ccc(F)cc1. The molecule has 0 radical (unpaired) electrons. The van der Waals surface area contributed by atoms with E-state index in [2.05, 4.69) is 5.32 Å². The first-order valence-electron chi connectivity index (χ1n) is 9.35. The third-order valence-corrected chi connectivity index (χ3v) is 5.50. The largest absolute Gasteiger partial charge is 0.465 e. The molecule has 7 nitrogen and oxygen atoms in total. The fourth-order valence-corrected chi connectivity index (χ4v) is 3.90. The molecule has 162 valence electrons. The van der Waals surface area contributed by atoms with E-state index in [1.807, 2.05) is 6.92 Å². The number of halogens is 1. The van der Waals surface area contributed by atoms with Gasteiger partial charge in [-0.3, -0.25) is 14.5 Å². The molecule has 1 N–H and O–H groups in total. The molecule has 1 amide bonds. The molecule has 0 saturated heterocycles. The highest BCUT2D eigenvalue weighted by Crippen LogP contribution is 2.32. The van der Waals surface area contributed by atoms with Gasteiger partial charge in [0.05, 0.1) is 32.4 Å². The standard InChI is InChI=1S/C21H25FN2O5S/c1-5-29-18(26)12-24(10-15-6-8-16(22)9-7-15)11-17(25)23-20-19(21(27)28-4)13(2)14(3)30-20/h6-9H,5,10-12H2,1-4H3,(H,23,25). The van der Waals surface area contributed by atoms with E-state index in [0.29, 0.717) is 10.6 Å². The van der Waals surface area contributed by atoms with E-state index in [-0.39, 0.29) is 32.1 Å². The first-order chi connectivity index (χ1) is 14.2. The molecule has 2 rings (SSSR count). The van der Waals surface area contributed by atoms with Crippen LogP contribution in [-0.2, 0) is 25.6 Å². The Morgan fingerprint density at radius 1 is 1.13 bits per heavy atom. The van der Waals surface area contributed by atoms with Crippen molar-refractivity contribution in [2.24, 2.45) is 0 Å². The molecule has 0 fully saturated rings. The van der Waals surface area contributed by atoms with Gasteiger partial charge in [0.15, 0.2) is 0 Å². The predicted molar refractivity (Wildman–Crippen MR) is 112 cm³/mol. The summed E-state index contributed by atoms with van der Waals surface area (Å²) < 4.78 is 23.0. The molecule has 1 aromatic carbocycles. The number of anilines is 1. The number of benzene rings is 1. The number of ether oxygens (including phenoxy) is 2. The predicted octanol–water partition coefficient (Wildman–Crippen LogP) is 3.29. The topological polar surface area (TPSA) is 84.9 Å². The lowest BCUT2D eigenvalue weighted by Gasteiger charge is -2.21. The van der Waals surface area contributed by atoms with Crippen molar-refractivity contribution in [2.75, 3.05) is 32.1 Å². The van der Waals surface area contributed by atoms with Gasteiger partial charge in [0.25, 0.3) is 0 Å². The Kier molecular flexibility index (Phi) is 8.49. The fraction of sp³-hybridized carbons (Fsp3) is 0.381. The summed E-state index contributed by atoms with van der Waals surface area (Å²) in [4.78, 5) is 39.2. The highest BCUT2D eigenvalue weighted by Gasteiger charge is 2.23. The van der Waals surface area contributed by atoms with Crippen molar-refractivity contribution in [2.45, 2.75) is 27.3 Å². The second-order valence-corrected chi connectivity index (χ2v) is 7.83. The number of hydrogen-bond donors (Lipinski definition) is 1. The number of esters is 2. The number of thiophene rings is 1. The average Bonchev–Trinajstić information content (AvgIpc) is 2.96. The summed E-state index contributed by atoms with van der Waals surface area (Å²) in [5.41, 5.74) is 1.81. The third kappa shape index (κ3) is 6.36. The highest BCUT2D eigenvalue weighted by molar-refractivity contribution is 7.16. The van der Waals surface area contributed by atoms with Crippen molar-refractivity contribution >= 4 is 34.2 Å². The van der Waals surface area contributed by atoms with Crippen molar-refractivity contribution in [3.05, 3.63) is 51.7 Å². The number of methoxy groups -OCH3 is 1. The summed E-state index contributed by atoms with van der Waals surface area (Å²) in [7, 11) is 1.28. The van der Waals surface area contributed by atoms with Crippen LogP contribution in [0.4, 0.5) is 9.39 Å². The number of hydrogen-bond acceptors (Lipinski definition) is 7. The molecule has 2 aromatic rings. The summed E-state index contributed by atoms with van der Waals surface area (Å²) in [5, 5.41) is 3.15. The monoisotopic (exact) mass is 436 g/mol. The maximum atomic E-state index is 13.2. The quantitative estimate of drug-likeness (QED) is 0.607. The summed E-state index contributed by atoms with van der Waals surface area (Å²) in [6, 6.07) is 5.81. The third-order valence-electron chi connectivity index (χ3n) is 4.37. The molecule has 1 aromatic heterocycles. The first kappa shape index (κ1) is 23.5. The number of carbonyl (C=O) groups is 3. The summed E-state index contributed by atoms with van der Waals surface area (Å²) >= 11 is 1.28. The molecule has 9 heteroatoms. The molecule has 30 heavy (non-hydrogen) atoms. The minimum atomic E-state index is -0.526. The van der Waals surface area contributed by atoms with Crippen LogP contribution in [0.25, 0.3) is 0 Å². The number of aryl methyl sites for hydroxylation is 1. The Labute approximate surface area is 178 Å². The molecule has 0 spiro atoms. The van der Waals surface area contributed by atoms with E-state index < -0.39 is 17.8 Å². The van der Waals surface area contributed by atoms with E-state index in [0.717, 1.165) is 16.0 Å². The number of nitrogens with one attached hydrogen (secondary N) is 1. The number of nitrogens with zero attached hydrogens (tertiary/aromatic N) is 1. The molecule has 0 unspecified atom stereocenters. The van der Waals surface area contributed by atoms with Gasteiger partial charge in [0.1, 0.15) is 10.8 Å². The second-order valence-electron chi connectivity index (χ2n) is 6.60. The van der Waals surface area contributed by atoms with Crippen LogP contribution in [0.15, 0.2) is 24.3 Å². The molecule has 0 bridgehead atoms. The Morgan fingerprint density at radius 3 is 2.40 bits per heavy atom. The molecule has 0 aliphatic rings. The van der Waals surface area contributed by atoms with Crippen molar-refractivity contribution in [3.8, 4) is 0 Å². The summed E-state index contributed by atoms with van der Waals surface area (Å²) in [6.45, 7) is 5.59. The van der Waals surface area contributed by atoms with E-state index in [4.69, 9.17) is 9.47 Å². The zero-order valence-corrected chi connectivity index (χ0v) is 18.2.